The van der Waals surface area contributed by atoms with Crippen molar-refractivity contribution in [2.45, 2.75) is 63.1 Å². The average molecular weight is 310 g/mol. The van der Waals surface area contributed by atoms with Gasteiger partial charge < -0.3 is 15.2 Å². The van der Waals surface area contributed by atoms with Gasteiger partial charge in [0.25, 0.3) is 0 Å². The van der Waals surface area contributed by atoms with Gasteiger partial charge in [0.05, 0.1) is 6.54 Å². The molecule has 2 heterocycles. The van der Waals surface area contributed by atoms with Crippen LogP contribution in [0.25, 0.3) is 0 Å². The quantitative estimate of drug-likeness (QED) is 0.810. The summed E-state index contributed by atoms with van der Waals surface area (Å²) in [4.78, 5) is 25.8. The largest absolute Gasteiger partial charge is 0.480 e. The molecular weight excluding hydrogens is 284 g/mol. The van der Waals surface area contributed by atoms with Crippen LogP contribution in [0.2, 0.25) is 0 Å². The highest BCUT2D eigenvalue weighted by molar-refractivity contribution is 5.80. The van der Waals surface area contributed by atoms with Crippen LogP contribution < -0.4 is 5.32 Å². The van der Waals surface area contributed by atoms with E-state index in [0.717, 1.165) is 32.1 Å². The molecule has 1 aliphatic carbocycles. The molecule has 2 N–H and O–H groups in total. The summed E-state index contributed by atoms with van der Waals surface area (Å²) in [6.07, 6.45) is 6.86. The van der Waals surface area contributed by atoms with E-state index in [1.165, 1.54) is 6.42 Å². The molecule has 6 nitrogen and oxygen atoms in total. The second-order valence-corrected chi connectivity index (χ2v) is 6.83. The summed E-state index contributed by atoms with van der Waals surface area (Å²) < 4.78 is 5.29. The first-order chi connectivity index (χ1) is 10.6. The maximum atomic E-state index is 12.3. The van der Waals surface area contributed by atoms with Crippen LogP contribution in [-0.4, -0.2) is 59.8 Å². The third-order valence-electron chi connectivity index (χ3n) is 5.42. The first-order valence-corrected chi connectivity index (χ1v) is 8.51. The topological polar surface area (TPSA) is 78.9 Å². The predicted octanol–water partition coefficient (Wildman–Crippen LogP) is 0.999. The van der Waals surface area contributed by atoms with E-state index in [1.807, 2.05) is 4.90 Å². The molecular formula is C16H26N2O4. The number of amides is 1. The van der Waals surface area contributed by atoms with Crippen molar-refractivity contribution < 1.29 is 19.4 Å². The molecule has 3 fully saturated rings. The van der Waals surface area contributed by atoms with Crippen LogP contribution in [-0.2, 0) is 14.3 Å². The third-order valence-corrected chi connectivity index (χ3v) is 5.42. The summed E-state index contributed by atoms with van der Waals surface area (Å²) in [6.45, 7) is 1.60. The van der Waals surface area contributed by atoms with Gasteiger partial charge in [-0.25, -0.2) is 0 Å². The standard InChI is InChI=1S/C16H26N2O4/c19-15(17-12-5-7-22-8-6-12)10-18-13-4-2-1-3-11(13)9-14(18)16(20)21/h11-14H,1-10H2,(H,17,19)(H,20,21). The molecule has 124 valence electrons. The molecule has 2 saturated heterocycles. The highest BCUT2D eigenvalue weighted by atomic mass is 16.5. The SMILES string of the molecule is O=C(CN1C(C(=O)O)CC2CCCCC21)NC1CCOCC1. The number of nitrogens with one attached hydrogen (secondary N) is 1. The van der Waals surface area contributed by atoms with Crippen LogP contribution in [0, 0.1) is 5.92 Å². The minimum Gasteiger partial charge on any atom is -0.480 e. The number of likely N-dealkylation sites (tertiary alicyclic amines) is 1. The van der Waals surface area contributed by atoms with Crippen LogP contribution in [0.1, 0.15) is 44.9 Å². The summed E-state index contributed by atoms with van der Waals surface area (Å²) in [5.41, 5.74) is 0. The Labute approximate surface area is 131 Å². The van der Waals surface area contributed by atoms with E-state index in [9.17, 15) is 14.7 Å². The number of ether oxygens (including phenoxy) is 1. The van der Waals surface area contributed by atoms with Crippen molar-refractivity contribution in [1.29, 1.82) is 0 Å². The molecule has 0 aromatic rings. The van der Waals surface area contributed by atoms with E-state index in [4.69, 9.17) is 4.74 Å². The average Bonchev–Trinajstić information content (AvgIpc) is 2.87. The van der Waals surface area contributed by atoms with E-state index in [0.29, 0.717) is 25.6 Å². The van der Waals surface area contributed by atoms with Crippen LogP contribution in [0.15, 0.2) is 0 Å². The number of carbonyl (C=O) groups excluding carboxylic acids is 1. The molecule has 0 aromatic carbocycles. The Morgan fingerprint density at radius 2 is 1.86 bits per heavy atom. The Kier molecular flexibility index (Phi) is 4.98. The van der Waals surface area contributed by atoms with Crippen LogP contribution in [0.5, 0.6) is 0 Å². The number of nitrogens with zero attached hydrogens (tertiary/aromatic N) is 1. The highest BCUT2D eigenvalue weighted by Gasteiger charge is 2.45. The molecule has 3 atom stereocenters. The van der Waals surface area contributed by atoms with Crippen LogP contribution in [0.3, 0.4) is 0 Å². The van der Waals surface area contributed by atoms with E-state index in [-0.39, 0.29) is 24.5 Å². The Balaban J connectivity index is 1.60. The van der Waals surface area contributed by atoms with Crippen molar-refractivity contribution >= 4 is 11.9 Å². The van der Waals surface area contributed by atoms with Crippen molar-refractivity contribution in [3.63, 3.8) is 0 Å². The summed E-state index contributed by atoms with van der Waals surface area (Å²) >= 11 is 0. The number of aliphatic carboxylic acids is 1. The monoisotopic (exact) mass is 310 g/mol. The number of rotatable bonds is 4. The first-order valence-electron chi connectivity index (χ1n) is 8.51. The van der Waals surface area contributed by atoms with Crippen LogP contribution in [0.4, 0.5) is 0 Å². The second kappa shape index (κ2) is 6.96. The zero-order valence-electron chi connectivity index (χ0n) is 13.0. The number of carboxylic acids is 1. The van der Waals surface area contributed by atoms with E-state index >= 15 is 0 Å². The Morgan fingerprint density at radius 1 is 1.14 bits per heavy atom. The van der Waals surface area contributed by atoms with Gasteiger partial charge in [0, 0.05) is 25.3 Å². The lowest BCUT2D eigenvalue weighted by Crippen LogP contribution is -2.50. The van der Waals surface area contributed by atoms with Gasteiger partial charge in [-0.3, -0.25) is 14.5 Å². The minimum atomic E-state index is -0.784. The fourth-order valence-electron chi connectivity index (χ4n) is 4.30. The zero-order valence-corrected chi connectivity index (χ0v) is 13.0. The fourth-order valence-corrected chi connectivity index (χ4v) is 4.30. The smallest absolute Gasteiger partial charge is 0.320 e. The zero-order chi connectivity index (χ0) is 15.5. The molecule has 0 spiro atoms. The van der Waals surface area contributed by atoms with Crippen molar-refractivity contribution in [2.75, 3.05) is 19.8 Å². The molecule has 3 unspecified atom stereocenters. The lowest BCUT2D eigenvalue weighted by molar-refractivity contribution is -0.143. The Hall–Kier alpha value is -1.14. The molecule has 0 radical (unpaired) electrons. The van der Waals surface area contributed by atoms with Gasteiger partial charge in [-0.15, -0.1) is 0 Å². The molecule has 3 aliphatic rings. The number of fused-ring (bicyclic) bond motifs is 1. The second-order valence-electron chi connectivity index (χ2n) is 6.83. The van der Waals surface area contributed by atoms with E-state index < -0.39 is 12.0 Å². The van der Waals surface area contributed by atoms with Crippen molar-refractivity contribution in [3.05, 3.63) is 0 Å². The van der Waals surface area contributed by atoms with Crippen molar-refractivity contribution in [2.24, 2.45) is 5.92 Å². The van der Waals surface area contributed by atoms with Gasteiger partial charge in [-0.2, -0.15) is 0 Å². The Morgan fingerprint density at radius 3 is 2.59 bits per heavy atom. The minimum absolute atomic E-state index is 0.0376. The van der Waals surface area contributed by atoms with Gasteiger partial charge in [-0.1, -0.05) is 12.8 Å². The maximum absolute atomic E-state index is 12.3. The number of carboxylic acid groups (broad SMARTS) is 1. The number of hydrogen-bond donors (Lipinski definition) is 2. The fraction of sp³-hybridized carbons (Fsp3) is 0.875. The van der Waals surface area contributed by atoms with Gasteiger partial charge in [-0.05, 0) is 38.0 Å². The normalized spacial score (nSPS) is 33.4. The number of carbonyl (C=O) groups is 2. The Bertz CT molecular complexity index is 422. The molecule has 2 aliphatic heterocycles. The molecule has 22 heavy (non-hydrogen) atoms. The summed E-state index contributed by atoms with van der Waals surface area (Å²) in [7, 11) is 0. The van der Waals surface area contributed by atoms with Gasteiger partial charge in [0.15, 0.2) is 0 Å². The summed E-state index contributed by atoms with van der Waals surface area (Å²) in [6, 6.07) is -0.0434. The molecule has 3 rings (SSSR count). The maximum Gasteiger partial charge on any atom is 0.320 e. The molecule has 6 heteroatoms. The molecule has 1 saturated carbocycles. The third kappa shape index (κ3) is 3.43. The van der Waals surface area contributed by atoms with Crippen molar-refractivity contribution in [1.82, 2.24) is 10.2 Å². The highest BCUT2D eigenvalue weighted by Crippen LogP contribution is 2.39. The summed E-state index contributed by atoms with van der Waals surface area (Å²) in [5.74, 6) is -0.372. The van der Waals surface area contributed by atoms with Gasteiger partial charge in [0.1, 0.15) is 6.04 Å². The van der Waals surface area contributed by atoms with Gasteiger partial charge >= 0.3 is 5.97 Å². The van der Waals surface area contributed by atoms with E-state index in [1.54, 1.807) is 0 Å². The number of hydrogen-bond acceptors (Lipinski definition) is 4. The lowest BCUT2D eigenvalue weighted by Gasteiger charge is -2.33. The van der Waals surface area contributed by atoms with Gasteiger partial charge in [0.2, 0.25) is 5.91 Å². The first kappa shape index (κ1) is 15.7. The molecule has 0 aromatic heterocycles. The van der Waals surface area contributed by atoms with Crippen molar-refractivity contribution in [3.8, 4) is 0 Å². The molecule has 1 amide bonds. The van der Waals surface area contributed by atoms with E-state index in [2.05, 4.69) is 5.32 Å². The lowest BCUT2D eigenvalue weighted by atomic mass is 9.85. The van der Waals surface area contributed by atoms with Crippen LogP contribution >= 0.6 is 0 Å². The molecule has 0 bridgehead atoms. The summed E-state index contributed by atoms with van der Waals surface area (Å²) in [5, 5.41) is 12.5. The predicted molar refractivity (Wildman–Crippen MR) is 80.5 cm³/mol.